The zero-order chi connectivity index (χ0) is 15.6. The second-order valence-electron chi connectivity index (χ2n) is 5.16. The van der Waals surface area contributed by atoms with E-state index >= 15 is 0 Å². The first-order valence-electron chi connectivity index (χ1n) is 6.79. The standard InChI is InChI=1S/C14H20N2O4S/c1-8-6-20-7-9(2)16(8)14(18)15-12-11(13(17)19-4)5-10(3)21-12/h5,8-9H,6-7H2,1-4H3,(H,15,18)/t8-,9-/m1/s1. The molecule has 6 nitrogen and oxygen atoms in total. The van der Waals surface area contributed by atoms with Crippen molar-refractivity contribution in [2.24, 2.45) is 0 Å². The highest BCUT2D eigenvalue weighted by Gasteiger charge is 2.30. The van der Waals surface area contributed by atoms with Crippen LogP contribution >= 0.6 is 11.3 Å². The maximum absolute atomic E-state index is 12.5. The second-order valence-corrected chi connectivity index (χ2v) is 6.42. The second kappa shape index (κ2) is 6.44. The van der Waals surface area contributed by atoms with Crippen LogP contribution in [0, 0.1) is 6.92 Å². The van der Waals surface area contributed by atoms with E-state index in [-0.39, 0.29) is 18.1 Å². The Morgan fingerprint density at radius 1 is 1.38 bits per heavy atom. The van der Waals surface area contributed by atoms with Crippen LogP contribution in [0.5, 0.6) is 0 Å². The molecule has 0 saturated carbocycles. The normalized spacial score (nSPS) is 22.0. The number of ether oxygens (including phenoxy) is 2. The minimum atomic E-state index is -0.447. The van der Waals surface area contributed by atoms with Crippen molar-refractivity contribution >= 4 is 28.3 Å². The summed E-state index contributed by atoms with van der Waals surface area (Å²) in [6, 6.07) is 1.50. The fraction of sp³-hybridized carbons (Fsp3) is 0.571. The molecule has 1 fully saturated rings. The number of hydrogen-bond donors (Lipinski definition) is 1. The molecule has 7 heteroatoms. The van der Waals surface area contributed by atoms with Gasteiger partial charge in [-0.15, -0.1) is 11.3 Å². The number of urea groups is 1. The molecule has 0 radical (unpaired) electrons. The third kappa shape index (κ3) is 3.36. The third-order valence-corrected chi connectivity index (χ3v) is 4.35. The Labute approximate surface area is 128 Å². The van der Waals surface area contributed by atoms with Gasteiger partial charge in [-0.2, -0.15) is 0 Å². The largest absolute Gasteiger partial charge is 0.465 e. The Balaban J connectivity index is 2.17. The molecule has 0 bridgehead atoms. The van der Waals surface area contributed by atoms with E-state index in [4.69, 9.17) is 9.47 Å². The number of methoxy groups -OCH3 is 1. The number of amides is 2. The predicted octanol–water partition coefficient (Wildman–Crippen LogP) is 2.48. The maximum Gasteiger partial charge on any atom is 0.340 e. The van der Waals surface area contributed by atoms with Crippen LogP contribution in [0.1, 0.15) is 29.1 Å². The van der Waals surface area contributed by atoms with Crippen LogP contribution in [0.2, 0.25) is 0 Å². The number of morpholine rings is 1. The number of carbonyl (C=O) groups is 2. The molecule has 116 valence electrons. The molecular formula is C14H20N2O4S. The molecule has 2 heterocycles. The molecule has 21 heavy (non-hydrogen) atoms. The number of thiophene rings is 1. The lowest BCUT2D eigenvalue weighted by Gasteiger charge is -2.38. The average molecular weight is 312 g/mol. The van der Waals surface area contributed by atoms with Gasteiger partial charge in [-0.25, -0.2) is 9.59 Å². The van der Waals surface area contributed by atoms with Crippen molar-refractivity contribution in [3.8, 4) is 0 Å². The first-order chi connectivity index (χ1) is 9.93. The molecule has 1 aliphatic rings. The summed E-state index contributed by atoms with van der Waals surface area (Å²) in [5, 5.41) is 3.35. The van der Waals surface area contributed by atoms with Gasteiger partial charge >= 0.3 is 12.0 Å². The van der Waals surface area contributed by atoms with Gasteiger partial charge < -0.3 is 14.4 Å². The van der Waals surface area contributed by atoms with E-state index in [2.05, 4.69) is 5.32 Å². The van der Waals surface area contributed by atoms with Gasteiger partial charge in [-0.3, -0.25) is 5.32 Å². The molecule has 1 saturated heterocycles. The molecule has 1 aliphatic heterocycles. The van der Waals surface area contributed by atoms with Crippen LogP contribution < -0.4 is 5.32 Å². The minimum absolute atomic E-state index is 0.00335. The van der Waals surface area contributed by atoms with Crippen molar-refractivity contribution in [1.82, 2.24) is 4.90 Å². The van der Waals surface area contributed by atoms with Gasteiger partial charge in [0, 0.05) is 4.88 Å². The van der Waals surface area contributed by atoms with E-state index in [1.807, 2.05) is 20.8 Å². The highest BCUT2D eigenvalue weighted by Crippen LogP contribution is 2.29. The van der Waals surface area contributed by atoms with Gasteiger partial charge in [0.05, 0.1) is 38.0 Å². The number of anilines is 1. The Bertz CT molecular complexity index is 533. The van der Waals surface area contributed by atoms with E-state index in [0.29, 0.717) is 23.8 Å². The summed E-state index contributed by atoms with van der Waals surface area (Å²) >= 11 is 1.36. The summed E-state index contributed by atoms with van der Waals surface area (Å²) in [7, 11) is 1.33. The number of aryl methyl sites for hydroxylation is 1. The molecule has 1 aromatic rings. The lowest BCUT2D eigenvalue weighted by Crippen LogP contribution is -2.54. The Hall–Kier alpha value is -1.60. The molecule has 0 spiro atoms. The molecule has 1 N–H and O–H groups in total. The van der Waals surface area contributed by atoms with Crippen molar-refractivity contribution in [2.75, 3.05) is 25.6 Å². The van der Waals surface area contributed by atoms with E-state index in [1.54, 1.807) is 11.0 Å². The van der Waals surface area contributed by atoms with Crippen molar-refractivity contribution < 1.29 is 19.1 Å². The number of hydrogen-bond acceptors (Lipinski definition) is 5. The molecular weight excluding hydrogens is 292 g/mol. The quantitative estimate of drug-likeness (QED) is 0.852. The van der Waals surface area contributed by atoms with Gasteiger partial charge in [0.1, 0.15) is 5.00 Å². The Morgan fingerprint density at radius 3 is 2.57 bits per heavy atom. The van der Waals surface area contributed by atoms with Crippen molar-refractivity contribution in [3.63, 3.8) is 0 Å². The zero-order valence-electron chi connectivity index (χ0n) is 12.6. The lowest BCUT2D eigenvalue weighted by atomic mass is 10.2. The first-order valence-corrected chi connectivity index (χ1v) is 7.61. The maximum atomic E-state index is 12.5. The monoisotopic (exact) mass is 312 g/mol. The molecule has 2 rings (SSSR count). The highest BCUT2D eigenvalue weighted by molar-refractivity contribution is 7.16. The summed E-state index contributed by atoms with van der Waals surface area (Å²) in [4.78, 5) is 26.9. The van der Waals surface area contributed by atoms with Crippen LogP contribution in [-0.2, 0) is 9.47 Å². The van der Waals surface area contributed by atoms with Gasteiger partial charge in [-0.05, 0) is 26.8 Å². The summed E-state index contributed by atoms with van der Waals surface area (Å²) in [6.07, 6.45) is 0. The van der Waals surface area contributed by atoms with E-state index < -0.39 is 5.97 Å². The average Bonchev–Trinajstić information content (AvgIpc) is 2.78. The van der Waals surface area contributed by atoms with Crippen LogP contribution in [-0.4, -0.2) is 49.3 Å². The van der Waals surface area contributed by atoms with Crippen LogP contribution in [0.15, 0.2) is 6.07 Å². The highest BCUT2D eigenvalue weighted by atomic mass is 32.1. The van der Waals surface area contributed by atoms with E-state index in [0.717, 1.165) is 4.88 Å². The smallest absolute Gasteiger partial charge is 0.340 e. The minimum Gasteiger partial charge on any atom is -0.465 e. The Kier molecular flexibility index (Phi) is 4.84. The fourth-order valence-electron chi connectivity index (χ4n) is 2.43. The summed E-state index contributed by atoms with van der Waals surface area (Å²) < 4.78 is 10.2. The summed E-state index contributed by atoms with van der Waals surface area (Å²) in [5.41, 5.74) is 0.391. The predicted molar refractivity (Wildman–Crippen MR) is 81.0 cm³/mol. The van der Waals surface area contributed by atoms with E-state index in [9.17, 15) is 9.59 Å². The number of rotatable bonds is 2. The van der Waals surface area contributed by atoms with Crippen molar-refractivity contribution in [3.05, 3.63) is 16.5 Å². The van der Waals surface area contributed by atoms with Gasteiger partial charge in [0.15, 0.2) is 0 Å². The third-order valence-electron chi connectivity index (χ3n) is 3.38. The lowest BCUT2D eigenvalue weighted by molar-refractivity contribution is -0.0111. The van der Waals surface area contributed by atoms with Gasteiger partial charge in [0.2, 0.25) is 0 Å². The number of nitrogens with one attached hydrogen (secondary N) is 1. The van der Waals surface area contributed by atoms with E-state index in [1.165, 1.54) is 18.4 Å². The van der Waals surface area contributed by atoms with Gasteiger partial charge in [0.25, 0.3) is 0 Å². The Morgan fingerprint density at radius 2 is 2.00 bits per heavy atom. The fourth-order valence-corrected chi connectivity index (χ4v) is 3.32. The van der Waals surface area contributed by atoms with Crippen LogP contribution in [0.4, 0.5) is 9.80 Å². The molecule has 2 amide bonds. The zero-order valence-corrected chi connectivity index (χ0v) is 13.5. The molecule has 0 aliphatic carbocycles. The first kappa shape index (κ1) is 15.8. The molecule has 1 aromatic heterocycles. The summed E-state index contributed by atoms with van der Waals surface area (Å²) in [5.74, 6) is -0.447. The van der Waals surface area contributed by atoms with Crippen LogP contribution in [0.25, 0.3) is 0 Å². The topological polar surface area (TPSA) is 67.9 Å². The molecule has 0 aromatic carbocycles. The SMILES string of the molecule is COC(=O)c1cc(C)sc1NC(=O)N1[C@H](C)COC[C@H]1C. The summed E-state index contributed by atoms with van der Waals surface area (Å²) in [6.45, 7) is 6.80. The molecule has 0 unspecified atom stereocenters. The van der Waals surface area contributed by atoms with Gasteiger partial charge in [-0.1, -0.05) is 0 Å². The number of carbonyl (C=O) groups excluding carboxylic acids is 2. The number of esters is 1. The van der Waals surface area contributed by atoms with Crippen LogP contribution in [0.3, 0.4) is 0 Å². The number of nitrogens with zero attached hydrogens (tertiary/aromatic N) is 1. The molecule has 2 atom stereocenters. The van der Waals surface area contributed by atoms with Crippen molar-refractivity contribution in [2.45, 2.75) is 32.9 Å². The van der Waals surface area contributed by atoms with Crippen molar-refractivity contribution in [1.29, 1.82) is 0 Å².